The molecule has 1 unspecified atom stereocenters. The first-order valence-electron chi connectivity index (χ1n) is 6.00. The highest BCUT2D eigenvalue weighted by Crippen LogP contribution is 2.40. The Balaban J connectivity index is 2.09. The van der Waals surface area contributed by atoms with E-state index < -0.39 is 0 Å². The molecule has 2 rings (SSSR count). The molecule has 0 amide bonds. The van der Waals surface area contributed by atoms with Crippen molar-refractivity contribution < 1.29 is 4.74 Å². The van der Waals surface area contributed by atoms with Crippen LogP contribution in [0.5, 0.6) is 0 Å². The van der Waals surface area contributed by atoms with E-state index in [1.54, 1.807) is 0 Å². The Labute approximate surface area is 93.0 Å². The third kappa shape index (κ3) is 2.19. The van der Waals surface area contributed by atoms with Gasteiger partial charge < -0.3 is 10.5 Å². The van der Waals surface area contributed by atoms with Crippen LogP contribution in [0.25, 0.3) is 0 Å². The lowest BCUT2D eigenvalue weighted by atomic mass is 9.93. The Kier molecular flexibility index (Phi) is 2.61. The molecule has 3 heteroatoms. The van der Waals surface area contributed by atoms with Crippen molar-refractivity contribution in [2.75, 3.05) is 13.1 Å². The van der Waals surface area contributed by atoms with E-state index in [0.29, 0.717) is 12.1 Å². The molecule has 2 fully saturated rings. The summed E-state index contributed by atoms with van der Waals surface area (Å²) in [7, 11) is 0. The van der Waals surface area contributed by atoms with Gasteiger partial charge in [-0.05, 0) is 40.5 Å². The zero-order valence-corrected chi connectivity index (χ0v) is 10.4. The van der Waals surface area contributed by atoms with Crippen molar-refractivity contribution in [1.29, 1.82) is 0 Å². The van der Waals surface area contributed by atoms with Crippen molar-refractivity contribution in [2.24, 2.45) is 5.73 Å². The van der Waals surface area contributed by atoms with Crippen LogP contribution in [0.15, 0.2) is 0 Å². The lowest BCUT2D eigenvalue weighted by Crippen LogP contribution is -2.46. The SMILES string of the molecule is CC1(C)CC(N2CC[C@H](N)C2)C(C)(C)O1. The van der Waals surface area contributed by atoms with Crippen LogP contribution < -0.4 is 5.73 Å². The number of hydrogen-bond donors (Lipinski definition) is 1. The number of hydrogen-bond acceptors (Lipinski definition) is 3. The van der Waals surface area contributed by atoms with Gasteiger partial charge in [0.05, 0.1) is 11.2 Å². The van der Waals surface area contributed by atoms with Crippen LogP contribution >= 0.6 is 0 Å². The summed E-state index contributed by atoms with van der Waals surface area (Å²) in [5.41, 5.74) is 5.95. The van der Waals surface area contributed by atoms with Gasteiger partial charge in [-0.25, -0.2) is 0 Å². The highest BCUT2D eigenvalue weighted by Gasteiger charge is 2.49. The highest BCUT2D eigenvalue weighted by atomic mass is 16.5. The molecule has 0 saturated carbocycles. The lowest BCUT2D eigenvalue weighted by Gasteiger charge is -2.33. The van der Waals surface area contributed by atoms with E-state index in [1.165, 1.54) is 0 Å². The van der Waals surface area contributed by atoms with Crippen LogP contribution in [-0.4, -0.2) is 41.3 Å². The minimum absolute atomic E-state index is 0.0147. The molecule has 88 valence electrons. The fourth-order valence-corrected chi connectivity index (χ4v) is 3.20. The van der Waals surface area contributed by atoms with Crippen LogP contribution in [0.1, 0.15) is 40.5 Å². The van der Waals surface area contributed by atoms with Crippen LogP contribution in [-0.2, 0) is 4.74 Å². The van der Waals surface area contributed by atoms with Gasteiger partial charge in [0, 0.05) is 25.2 Å². The van der Waals surface area contributed by atoms with E-state index in [9.17, 15) is 0 Å². The van der Waals surface area contributed by atoms with E-state index in [-0.39, 0.29) is 11.2 Å². The minimum atomic E-state index is -0.0342. The molecule has 0 spiro atoms. The normalized spacial score (nSPS) is 39.8. The van der Waals surface area contributed by atoms with Gasteiger partial charge in [-0.2, -0.15) is 0 Å². The van der Waals surface area contributed by atoms with Gasteiger partial charge >= 0.3 is 0 Å². The maximum absolute atomic E-state index is 6.11. The fraction of sp³-hybridized carbons (Fsp3) is 1.00. The molecule has 0 aliphatic carbocycles. The smallest absolute Gasteiger partial charge is 0.0789 e. The van der Waals surface area contributed by atoms with Gasteiger partial charge in [0.15, 0.2) is 0 Å². The van der Waals surface area contributed by atoms with Crippen LogP contribution in [0, 0.1) is 0 Å². The molecule has 2 N–H and O–H groups in total. The van der Waals surface area contributed by atoms with Crippen LogP contribution in [0.3, 0.4) is 0 Å². The molecule has 0 aromatic rings. The molecule has 2 aliphatic heterocycles. The first-order chi connectivity index (χ1) is 6.80. The van der Waals surface area contributed by atoms with Gasteiger partial charge in [-0.1, -0.05) is 0 Å². The van der Waals surface area contributed by atoms with Crippen molar-refractivity contribution in [3.05, 3.63) is 0 Å². The van der Waals surface area contributed by atoms with Crippen molar-refractivity contribution in [3.8, 4) is 0 Å². The van der Waals surface area contributed by atoms with E-state index in [0.717, 1.165) is 25.9 Å². The maximum atomic E-state index is 6.11. The number of ether oxygens (including phenoxy) is 1. The average Bonchev–Trinajstić information content (AvgIpc) is 2.52. The second-order valence-electron chi connectivity index (χ2n) is 6.23. The first-order valence-corrected chi connectivity index (χ1v) is 6.00. The summed E-state index contributed by atoms with van der Waals surface area (Å²) in [6.45, 7) is 10.9. The predicted octanol–water partition coefficient (Wildman–Crippen LogP) is 1.37. The molecule has 2 aliphatic rings. The number of likely N-dealkylation sites (tertiary alicyclic amines) is 1. The Morgan fingerprint density at radius 1 is 1.27 bits per heavy atom. The molecule has 2 heterocycles. The number of nitrogens with two attached hydrogens (primary N) is 1. The Morgan fingerprint density at radius 2 is 1.93 bits per heavy atom. The van der Waals surface area contributed by atoms with Crippen molar-refractivity contribution in [3.63, 3.8) is 0 Å². The van der Waals surface area contributed by atoms with Gasteiger partial charge in [-0.3, -0.25) is 4.90 Å². The third-order valence-corrected chi connectivity index (χ3v) is 3.72. The van der Waals surface area contributed by atoms with Gasteiger partial charge in [0.2, 0.25) is 0 Å². The summed E-state index contributed by atoms with van der Waals surface area (Å²) >= 11 is 0. The predicted molar refractivity (Wildman–Crippen MR) is 61.8 cm³/mol. The van der Waals surface area contributed by atoms with Crippen molar-refractivity contribution in [2.45, 2.75) is 63.8 Å². The Bertz CT molecular complexity index is 250. The maximum Gasteiger partial charge on any atom is 0.0789 e. The topological polar surface area (TPSA) is 38.5 Å². The van der Waals surface area contributed by atoms with E-state index in [4.69, 9.17) is 10.5 Å². The third-order valence-electron chi connectivity index (χ3n) is 3.72. The molecule has 0 bridgehead atoms. The average molecular weight is 212 g/mol. The molecule has 0 radical (unpaired) electrons. The minimum Gasteiger partial charge on any atom is -0.368 e. The zero-order valence-electron chi connectivity index (χ0n) is 10.4. The molecule has 0 aromatic heterocycles. The summed E-state index contributed by atoms with van der Waals surface area (Å²) in [5, 5.41) is 0. The summed E-state index contributed by atoms with van der Waals surface area (Å²) in [4.78, 5) is 2.51. The molecule has 15 heavy (non-hydrogen) atoms. The summed E-state index contributed by atoms with van der Waals surface area (Å²) in [6.07, 6.45) is 2.25. The summed E-state index contributed by atoms with van der Waals surface area (Å²) in [6, 6.07) is 0.894. The molecule has 0 aromatic carbocycles. The molecular formula is C12H24N2O. The lowest BCUT2D eigenvalue weighted by molar-refractivity contribution is -0.0789. The van der Waals surface area contributed by atoms with Gasteiger partial charge in [-0.15, -0.1) is 0 Å². The Morgan fingerprint density at radius 3 is 2.33 bits per heavy atom. The van der Waals surface area contributed by atoms with Crippen LogP contribution in [0.2, 0.25) is 0 Å². The summed E-state index contributed by atoms with van der Waals surface area (Å²) in [5.74, 6) is 0. The number of nitrogens with zero attached hydrogens (tertiary/aromatic N) is 1. The largest absolute Gasteiger partial charge is 0.368 e. The zero-order chi connectivity index (χ0) is 11.3. The van der Waals surface area contributed by atoms with E-state index in [1.807, 2.05) is 0 Å². The highest BCUT2D eigenvalue weighted by molar-refractivity contribution is 5.01. The van der Waals surface area contributed by atoms with E-state index >= 15 is 0 Å². The second kappa shape index (κ2) is 3.44. The number of rotatable bonds is 1. The summed E-state index contributed by atoms with van der Waals surface area (Å²) < 4.78 is 6.11. The van der Waals surface area contributed by atoms with Crippen molar-refractivity contribution in [1.82, 2.24) is 4.90 Å². The van der Waals surface area contributed by atoms with Gasteiger partial charge in [0.1, 0.15) is 0 Å². The van der Waals surface area contributed by atoms with E-state index in [2.05, 4.69) is 32.6 Å². The molecular weight excluding hydrogens is 188 g/mol. The van der Waals surface area contributed by atoms with Gasteiger partial charge in [0.25, 0.3) is 0 Å². The molecule has 2 atom stereocenters. The molecule has 2 saturated heterocycles. The standard InChI is InChI=1S/C12H24N2O/c1-11(2)7-10(12(3,4)15-11)14-6-5-9(13)8-14/h9-10H,5-8,13H2,1-4H3/t9-,10?/m0/s1. The van der Waals surface area contributed by atoms with Crippen LogP contribution in [0.4, 0.5) is 0 Å². The van der Waals surface area contributed by atoms with Crippen molar-refractivity contribution >= 4 is 0 Å². The first kappa shape index (κ1) is 11.4. The fourth-order valence-electron chi connectivity index (χ4n) is 3.20. The Hall–Kier alpha value is -0.120. The molecule has 3 nitrogen and oxygen atoms in total. The second-order valence-corrected chi connectivity index (χ2v) is 6.23. The quantitative estimate of drug-likeness (QED) is 0.713. The monoisotopic (exact) mass is 212 g/mol.